The number of hydrogen-bond acceptors (Lipinski definition) is 5. The van der Waals surface area contributed by atoms with Crippen molar-refractivity contribution in [2.45, 2.75) is 25.7 Å². The third-order valence-electron chi connectivity index (χ3n) is 4.73. The van der Waals surface area contributed by atoms with Gasteiger partial charge >= 0.3 is 12.0 Å². The van der Waals surface area contributed by atoms with Crippen molar-refractivity contribution in [2.75, 3.05) is 25.6 Å². The van der Waals surface area contributed by atoms with E-state index in [0.717, 1.165) is 17.5 Å². The van der Waals surface area contributed by atoms with Gasteiger partial charge in [-0.3, -0.25) is 9.69 Å². The number of carbonyl (C=O) groups is 2. The molecule has 0 unspecified atom stereocenters. The van der Waals surface area contributed by atoms with Gasteiger partial charge in [-0.2, -0.15) is 0 Å². The van der Waals surface area contributed by atoms with Gasteiger partial charge in [-0.1, -0.05) is 18.6 Å². The fourth-order valence-electron chi connectivity index (χ4n) is 3.08. The molecule has 8 nitrogen and oxygen atoms in total. The zero-order valence-electron chi connectivity index (χ0n) is 17.1. The minimum atomic E-state index is -0.801. The first-order valence-electron chi connectivity index (χ1n) is 9.77. The van der Waals surface area contributed by atoms with Gasteiger partial charge in [0.25, 0.3) is 0 Å². The monoisotopic (exact) mass is 411 g/mol. The maximum Gasteiger partial charge on any atom is 0.321 e. The molecule has 2 amide bonds. The summed E-state index contributed by atoms with van der Waals surface area (Å²) in [5.74, 6) is 0.214. The number of amides is 2. The predicted octanol–water partition coefficient (Wildman–Crippen LogP) is 4.29. The Morgan fingerprint density at radius 3 is 2.70 bits per heavy atom. The molecule has 1 heterocycles. The van der Waals surface area contributed by atoms with Crippen molar-refractivity contribution in [1.29, 1.82) is 0 Å². The number of urea groups is 1. The quantitative estimate of drug-likeness (QED) is 0.509. The van der Waals surface area contributed by atoms with E-state index < -0.39 is 5.97 Å². The molecule has 0 bridgehead atoms. The second kappa shape index (κ2) is 9.78. The number of methoxy groups -OCH3 is 1. The molecule has 8 heteroatoms. The first kappa shape index (κ1) is 21.2. The summed E-state index contributed by atoms with van der Waals surface area (Å²) in [6, 6.07) is 12.6. The van der Waals surface area contributed by atoms with Crippen molar-refractivity contribution >= 4 is 28.8 Å². The van der Waals surface area contributed by atoms with E-state index in [1.807, 2.05) is 30.3 Å². The van der Waals surface area contributed by atoms with Crippen LogP contribution in [0.1, 0.15) is 25.7 Å². The highest BCUT2D eigenvalue weighted by Crippen LogP contribution is 2.33. The Morgan fingerprint density at radius 2 is 1.97 bits per heavy atom. The Morgan fingerprint density at radius 1 is 1.17 bits per heavy atom. The van der Waals surface area contributed by atoms with Crippen molar-refractivity contribution < 1.29 is 23.8 Å². The molecule has 0 fully saturated rings. The van der Waals surface area contributed by atoms with E-state index in [0.29, 0.717) is 42.3 Å². The topological polar surface area (TPSA) is 105 Å². The zero-order chi connectivity index (χ0) is 21.5. The number of anilines is 1. The van der Waals surface area contributed by atoms with Crippen LogP contribution in [0.5, 0.6) is 5.75 Å². The summed E-state index contributed by atoms with van der Waals surface area (Å²) in [4.78, 5) is 29.1. The van der Waals surface area contributed by atoms with E-state index in [1.54, 1.807) is 26.3 Å². The van der Waals surface area contributed by atoms with E-state index in [9.17, 15) is 9.59 Å². The Kier molecular flexibility index (Phi) is 6.90. The number of aromatic nitrogens is 1. The molecule has 0 aliphatic rings. The molecule has 0 saturated carbocycles. The number of carboxylic acids is 1. The highest BCUT2D eigenvalue weighted by Gasteiger charge is 2.18. The third-order valence-corrected chi connectivity index (χ3v) is 4.73. The lowest BCUT2D eigenvalue weighted by molar-refractivity contribution is -0.137. The molecule has 0 spiro atoms. The highest BCUT2D eigenvalue weighted by atomic mass is 16.5. The van der Waals surface area contributed by atoms with Gasteiger partial charge in [0.2, 0.25) is 5.89 Å². The van der Waals surface area contributed by atoms with E-state index in [2.05, 4.69) is 10.3 Å². The van der Waals surface area contributed by atoms with Crippen molar-refractivity contribution in [3.05, 3.63) is 42.5 Å². The number of hydrogen-bond donors (Lipinski definition) is 2. The van der Waals surface area contributed by atoms with Gasteiger partial charge in [-0.05, 0) is 43.2 Å². The van der Waals surface area contributed by atoms with Crippen LogP contribution in [0.2, 0.25) is 0 Å². The summed E-state index contributed by atoms with van der Waals surface area (Å²) < 4.78 is 11.2. The van der Waals surface area contributed by atoms with Gasteiger partial charge < -0.3 is 19.6 Å². The summed E-state index contributed by atoms with van der Waals surface area (Å²) in [5.41, 5.74) is 2.77. The van der Waals surface area contributed by atoms with Crippen LogP contribution in [0.25, 0.3) is 22.6 Å². The van der Waals surface area contributed by atoms with Crippen LogP contribution in [0, 0.1) is 0 Å². The zero-order valence-corrected chi connectivity index (χ0v) is 17.1. The van der Waals surface area contributed by atoms with Gasteiger partial charge in [0.15, 0.2) is 5.58 Å². The van der Waals surface area contributed by atoms with Crippen LogP contribution in [0.15, 0.2) is 46.9 Å². The molecule has 1 aromatic heterocycles. The van der Waals surface area contributed by atoms with Crippen LogP contribution in [0.3, 0.4) is 0 Å². The molecule has 2 aromatic carbocycles. The van der Waals surface area contributed by atoms with Crippen LogP contribution < -0.4 is 15.0 Å². The van der Waals surface area contributed by atoms with Crippen molar-refractivity contribution in [1.82, 2.24) is 10.3 Å². The molecule has 0 aliphatic carbocycles. The lowest BCUT2D eigenvalue weighted by atomic mass is 10.1. The fraction of sp³-hybridized carbons (Fsp3) is 0.318. The van der Waals surface area contributed by atoms with Gasteiger partial charge in [0.1, 0.15) is 11.3 Å². The van der Waals surface area contributed by atoms with Crippen molar-refractivity contribution in [3.8, 4) is 17.2 Å². The number of nitrogens with zero attached hydrogens (tertiary/aromatic N) is 2. The van der Waals surface area contributed by atoms with E-state index >= 15 is 0 Å². The van der Waals surface area contributed by atoms with E-state index in [1.165, 1.54) is 4.90 Å². The van der Waals surface area contributed by atoms with E-state index in [-0.39, 0.29) is 12.5 Å². The molecule has 158 valence electrons. The summed E-state index contributed by atoms with van der Waals surface area (Å²) >= 11 is 0. The van der Waals surface area contributed by atoms with Crippen molar-refractivity contribution in [2.24, 2.45) is 0 Å². The molecule has 3 aromatic rings. The largest absolute Gasteiger partial charge is 0.495 e. The Bertz CT molecular complexity index is 998. The number of rotatable bonds is 9. The maximum absolute atomic E-state index is 12.6. The molecule has 0 saturated heterocycles. The van der Waals surface area contributed by atoms with E-state index in [4.69, 9.17) is 14.3 Å². The number of oxazole rings is 1. The number of carbonyl (C=O) groups excluding carboxylic acids is 1. The molecule has 3 rings (SSSR count). The number of fused-ring (bicyclic) bond motifs is 1. The first-order chi connectivity index (χ1) is 14.5. The summed E-state index contributed by atoms with van der Waals surface area (Å²) in [6.07, 6.45) is 2.20. The minimum absolute atomic E-state index is 0.146. The second-order valence-electron chi connectivity index (χ2n) is 6.87. The summed E-state index contributed by atoms with van der Waals surface area (Å²) in [5, 5.41) is 11.5. The number of nitrogens with one attached hydrogen (secondary N) is 1. The van der Waals surface area contributed by atoms with Crippen LogP contribution in [0.4, 0.5) is 10.5 Å². The van der Waals surface area contributed by atoms with Gasteiger partial charge in [0, 0.05) is 25.6 Å². The number of para-hydroxylation sites is 2. The molecule has 0 atom stereocenters. The number of unbranched alkanes of at least 4 members (excludes halogenated alkanes) is 2. The first-order valence-corrected chi connectivity index (χ1v) is 9.77. The van der Waals surface area contributed by atoms with Crippen LogP contribution in [-0.4, -0.2) is 42.8 Å². The maximum atomic E-state index is 12.6. The van der Waals surface area contributed by atoms with Crippen LogP contribution >= 0.6 is 0 Å². The van der Waals surface area contributed by atoms with Gasteiger partial charge in [-0.25, -0.2) is 9.78 Å². The highest BCUT2D eigenvalue weighted by molar-refractivity contribution is 5.94. The molecular weight excluding hydrogens is 386 g/mol. The molecule has 2 N–H and O–H groups in total. The third kappa shape index (κ3) is 5.08. The molecule has 30 heavy (non-hydrogen) atoms. The Hall–Kier alpha value is -3.55. The van der Waals surface area contributed by atoms with Crippen LogP contribution in [-0.2, 0) is 4.79 Å². The second-order valence-corrected chi connectivity index (χ2v) is 6.87. The SMILES string of the molecule is COc1ccc(-c2nc3ccccc3o2)cc1N(C)C(=O)NCCCCCC(=O)O. The average Bonchev–Trinajstić information content (AvgIpc) is 3.19. The minimum Gasteiger partial charge on any atom is -0.495 e. The number of carboxylic acid groups (broad SMARTS) is 1. The average molecular weight is 411 g/mol. The lowest BCUT2D eigenvalue weighted by Crippen LogP contribution is -2.38. The Balaban J connectivity index is 1.69. The molecular formula is C22H25N3O5. The van der Waals surface area contributed by atoms with Crippen molar-refractivity contribution in [3.63, 3.8) is 0 Å². The fourth-order valence-corrected chi connectivity index (χ4v) is 3.08. The smallest absolute Gasteiger partial charge is 0.321 e. The normalized spacial score (nSPS) is 10.7. The standard InChI is InChI=1S/C22H25N3O5/c1-25(22(28)23-13-7-3-4-10-20(26)27)17-14-15(11-12-19(17)29-2)21-24-16-8-5-6-9-18(16)30-21/h5-6,8-9,11-12,14H,3-4,7,10,13H2,1-2H3,(H,23,28)(H,26,27). The number of ether oxygens (including phenoxy) is 1. The summed E-state index contributed by atoms with van der Waals surface area (Å²) in [7, 11) is 3.21. The molecule has 0 radical (unpaired) electrons. The predicted molar refractivity (Wildman–Crippen MR) is 114 cm³/mol. The number of aliphatic carboxylic acids is 1. The van der Waals surface area contributed by atoms with Gasteiger partial charge in [0.05, 0.1) is 12.8 Å². The lowest BCUT2D eigenvalue weighted by Gasteiger charge is -2.21. The summed E-state index contributed by atoms with van der Waals surface area (Å²) in [6.45, 7) is 0.468. The molecule has 0 aliphatic heterocycles. The number of benzene rings is 2. The Labute approximate surface area is 174 Å². The van der Waals surface area contributed by atoms with Gasteiger partial charge in [-0.15, -0.1) is 0 Å².